The molecule has 0 saturated heterocycles. The van der Waals surface area contributed by atoms with Gasteiger partial charge in [-0.05, 0) is 10.8 Å². The Morgan fingerprint density at radius 1 is 1.44 bits per heavy atom. The van der Waals surface area contributed by atoms with Crippen molar-refractivity contribution in [3.05, 3.63) is 23.0 Å². The van der Waals surface area contributed by atoms with Crippen LogP contribution in [0, 0.1) is 11.3 Å². The van der Waals surface area contributed by atoms with Crippen LogP contribution in [0.25, 0.3) is 0 Å². The third-order valence-corrected chi connectivity index (χ3v) is 3.05. The van der Waals surface area contributed by atoms with Crippen LogP contribution in [-0.4, -0.2) is 5.75 Å². The van der Waals surface area contributed by atoms with Gasteiger partial charge in [0.15, 0.2) is 0 Å². The zero-order valence-corrected chi connectivity index (χ0v) is 5.77. The molecule has 0 unspecified atom stereocenters. The van der Waals surface area contributed by atoms with Crippen molar-refractivity contribution in [3.8, 4) is 6.07 Å². The molecule has 2 nitrogen and oxygen atoms in total. The van der Waals surface area contributed by atoms with Crippen molar-refractivity contribution in [2.75, 3.05) is 5.75 Å². The van der Waals surface area contributed by atoms with Gasteiger partial charge in [-0.1, -0.05) is 12.2 Å². The highest BCUT2D eigenvalue weighted by atomic mass is 32.3. The van der Waals surface area contributed by atoms with Crippen LogP contribution < -0.4 is 5.14 Å². The summed E-state index contributed by atoms with van der Waals surface area (Å²) in [5.74, 6) is 0.444. The number of allylic oxidation sites excluding steroid dienone is 2. The molecule has 0 radical (unpaired) electrons. The minimum absolute atomic E-state index is 0.444. The number of hydrogen-bond acceptors (Lipinski definition) is 2. The molecule has 1 aliphatic rings. The number of nitrogens with zero attached hydrogens (tertiary/aromatic N) is 1. The summed E-state index contributed by atoms with van der Waals surface area (Å²) in [5, 5.41) is 17.9. The Balaban J connectivity index is 2.67. The Morgan fingerprint density at radius 2 is 2.00 bits per heavy atom. The van der Waals surface area contributed by atoms with Gasteiger partial charge in [0.05, 0.1) is 11.8 Å². The Kier molecular flexibility index (Phi) is 1.60. The van der Waals surface area contributed by atoms with Crippen molar-refractivity contribution >= 4 is 10.2 Å². The number of hydrogen-bond donors (Lipinski definition) is 1. The van der Waals surface area contributed by atoms with E-state index in [-0.39, 0.29) is 0 Å². The lowest BCUT2D eigenvalue weighted by atomic mass is 10.6. The Bertz CT molecular complexity index is 188. The molecule has 0 aromatic heterocycles. The molecule has 3 heteroatoms. The predicted molar refractivity (Wildman–Crippen MR) is 40.5 cm³/mol. The highest BCUT2D eigenvalue weighted by Gasteiger charge is 2.12. The molecule has 9 heavy (non-hydrogen) atoms. The molecular formula is C6H8N2S. The predicted octanol–water partition coefficient (Wildman–Crippen LogP) is 1.23. The van der Waals surface area contributed by atoms with Gasteiger partial charge in [-0.25, -0.2) is 0 Å². The normalized spacial score (nSPS) is 23.6. The maximum atomic E-state index is 8.31. The average Bonchev–Trinajstić information content (AvgIpc) is 2.16. The number of rotatable bonds is 1. The van der Waals surface area contributed by atoms with Gasteiger partial charge < -0.3 is 0 Å². The van der Waals surface area contributed by atoms with Gasteiger partial charge in [-0.2, -0.15) is 5.26 Å². The fraction of sp³-hybridized carbons (Fsp3) is 0.167. The minimum atomic E-state index is -1.28. The van der Waals surface area contributed by atoms with Crippen molar-refractivity contribution in [1.82, 2.24) is 0 Å². The van der Waals surface area contributed by atoms with Gasteiger partial charge >= 0.3 is 0 Å². The van der Waals surface area contributed by atoms with Crippen LogP contribution in [0.15, 0.2) is 23.0 Å². The Hall–Kier alpha value is -0.720. The largest absolute Gasteiger partial charge is 0.287 e. The molecule has 0 spiro atoms. The molecule has 0 saturated carbocycles. The van der Waals surface area contributed by atoms with Gasteiger partial charge in [0.25, 0.3) is 0 Å². The van der Waals surface area contributed by atoms with Gasteiger partial charge in [0.1, 0.15) is 0 Å². The molecule has 0 aromatic carbocycles. The van der Waals surface area contributed by atoms with Crippen LogP contribution >= 0.6 is 10.2 Å². The molecule has 48 valence electrons. The van der Waals surface area contributed by atoms with E-state index in [0.717, 1.165) is 0 Å². The lowest BCUT2D eigenvalue weighted by Gasteiger charge is -2.20. The molecule has 0 amide bonds. The first-order chi connectivity index (χ1) is 4.27. The van der Waals surface area contributed by atoms with E-state index in [1.54, 1.807) is 0 Å². The van der Waals surface area contributed by atoms with Gasteiger partial charge in [-0.3, -0.25) is 5.14 Å². The second-order valence-corrected chi connectivity index (χ2v) is 4.52. The Labute approximate surface area is 56.1 Å². The summed E-state index contributed by atoms with van der Waals surface area (Å²) in [5.41, 5.74) is 0. The molecular weight excluding hydrogens is 132 g/mol. The van der Waals surface area contributed by atoms with Crippen molar-refractivity contribution in [2.24, 2.45) is 5.14 Å². The molecule has 0 fully saturated rings. The standard InChI is InChI=1S/C6H8N2S/c7-3-6-9(8)4-1-2-5-9/h1-2,4-5H,6,8H2. The summed E-state index contributed by atoms with van der Waals surface area (Å²) >= 11 is 0. The van der Waals surface area contributed by atoms with E-state index in [4.69, 9.17) is 10.4 Å². The maximum absolute atomic E-state index is 8.31. The quantitative estimate of drug-likeness (QED) is 0.595. The van der Waals surface area contributed by atoms with Gasteiger partial charge in [0, 0.05) is 0 Å². The monoisotopic (exact) mass is 140 g/mol. The summed E-state index contributed by atoms with van der Waals surface area (Å²) in [6.45, 7) is 0. The first kappa shape index (κ1) is 6.40. The lowest BCUT2D eigenvalue weighted by Crippen LogP contribution is -2.05. The fourth-order valence-corrected chi connectivity index (χ4v) is 1.91. The second kappa shape index (κ2) is 2.26. The molecule has 0 aromatic rings. The smallest absolute Gasteiger partial charge is 0.0834 e. The van der Waals surface area contributed by atoms with E-state index < -0.39 is 10.2 Å². The Morgan fingerprint density at radius 3 is 2.44 bits per heavy atom. The van der Waals surface area contributed by atoms with Gasteiger partial charge in [0.2, 0.25) is 0 Å². The maximum Gasteiger partial charge on any atom is 0.0834 e. The first-order valence-electron chi connectivity index (χ1n) is 2.57. The molecule has 0 atom stereocenters. The summed E-state index contributed by atoms with van der Waals surface area (Å²) < 4.78 is 0. The van der Waals surface area contributed by atoms with E-state index in [1.807, 2.05) is 23.0 Å². The third kappa shape index (κ3) is 1.35. The third-order valence-electron chi connectivity index (χ3n) is 1.09. The summed E-state index contributed by atoms with van der Waals surface area (Å²) in [6, 6.07) is 2.06. The van der Waals surface area contributed by atoms with Gasteiger partial charge in [-0.15, -0.1) is 10.2 Å². The van der Waals surface area contributed by atoms with E-state index in [2.05, 4.69) is 6.07 Å². The van der Waals surface area contributed by atoms with Crippen LogP contribution in [0.4, 0.5) is 0 Å². The molecule has 0 bridgehead atoms. The highest BCUT2D eigenvalue weighted by Crippen LogP contribution is 2.45. The summed E-state index contributed by atoms with van der Waals surface area (Å²) in [4.78, 5) is 0. The van der Waals surface area contributed by atoms with E-state index in [0.29, 0.717) is 5.75 Å². The second-order valence-electron chi connectivity index (χ2n) is 1.87. The topological polar surface area (TPSA) is 49.8 Å². The van der Waals surface area contributed by atoms with Crippen LogP contribution in [0.5, 0.6) is 0 Å². The van der Waals surface area contributed by atoms with E-state index in [9.17, 15) is 0 Å². The zero-order valence-electron chi connectivity index (χ0n) is 4.95. The number of nitriles is 1. The fourth-order valence-electron chi connectivity index (χ4n) is 0.637. The molecule has 0 aliphatic carbocycles. The summed E-state index contributed by atoms with van der Waals surface area (Å²) in [6.07, 6.45) is 3.79. The van der Waals surface area contributed by atoms with Crippen LogP contribution in [-0.2, 0) is 0 Å². The van der Waals surface area contributed by atoms with Crippen molar-refractivity contribution in [3.63, 3.8) is 0 Å². The molecule has 1 aliphatic heterocycles. The highest BCUT2D eigenvalue weighted by molar-refractivity contribution is 8.36. The van der Waals surface area contributed by atoms with Crippen LogP contribution in [0.1, 0.15) is 0 Å². The summed E-state index contributed by atoms with van der Waals surface area (Å²) in [7, 11) is -1.28. The molecule has 1 heterocycles. The zero-order chi connectivity index (χ0) is 6.74. The number of nitrogens with two attached hydrogens (primary N) is 1. The lowest BCUT2D eigenvalue weighted by molar-refractivity contribution is 1.49. The first-order valence-corrected chi connectivity index (χ1v) is 4.56. The average molecular weight is 140 g/mol. The van der Waals surface area contributed by atoms with Crippen molar-refractivity contribution < 1.29 is 0 Å². The molecule has 2 N–H and O–H groups in total. The van der Waals surface area contributed by atoms with E-state index >= 15 is 0 Å². The molecule has 1 rings (SSSR count). The SMILES string of the molecule is N#CCS1(N)C=CC=C1. The van der Waals surface area contributed by atoms with Crippen LogP contribution in [0.3, 0.4) is 0 Å². The van der Waals surface area contributed by atoms with Crippen molar-refractivity contribution in [1.29, 1.82) is 5.26 Å². The van der Waals surface area contributed by atoms with Crippen molar-refractivity contribution in [2.45, 2.75) is 0 Å². The van der Waals surface area contributed by atoms with Crippen LogP contribution in [0.2, 0.25) is 0 Å². The van der Waals surface area contributed by atoms with E-state index in [1.165, 1.54) is 0 Å². The minimum Gasteiger partial charge on any atom is -0.287 e.